The molecule has 6 nitrogen and oxygen atoms in total. The average Bonchev–Trinajstić information content (AvgIpc) is 3.19. The summed E-state index contributed by atoms with van der Waals surface area (Å²) in [5.74, 6) is -1.26. The Morgan fingerprint density at radius 2 is 1.82 bits per heavy atom. The average molecular weight is 484 g/mol. The number of nitrogens with one attached hydrogen (secondary N) is 1. The first-order valence-electron chi connectivity index (χ1n) is 10.9. The fraction of sp³-hybridized carbons (Fsp3) is 0.320. The summed E-state index contributed by atoms with van der Waals surface area (Å²) in [6.45, 7) is 1.62. The molecule has 1 aromatic heterocycles. The fourth-order valence-electron chi connectivity index (χ4n) is 3.82. The van der Waals surface area contributed by atoms with Gasteiger partial charge in [0.1, 0.15) is 5.00 Å². The predicted molar refractivity (Wildman–Crippen MR) is 131 cm³/mol. The summed E-state index contributed by atoms with van der Waals surface area (Å²) in [6.07, 6.45) is 3.77. The zero-order valence-corrected chi connectivity index (χ0v) is 20.0. The van der Waals surface area contributed by atoms with Crippen molar-refractivity contribution in [3.8, 4) is 0 Å². The van der Waals surface area contributed by atoms with Crippen molar-refractivity contribution >= 4 is 56.7 Å². The lowest BCUT2D eigenvalue weighted by Gasteiger charge is -2.12. The monoisotopic (exact) mass is 483 g/mol. The van der Waals surface area contributed by atoms with Gasteiger partial charge in [-0.05, 0) is 61.1 Å². The highest BCUT2D eigenvalue weighted by Crippen LogP contribution is 2.38. The second-order valence-electron chi connectivity index (χ2n) is 7.64. The first kappa shape index (κ1) is 23.3. The van der Waals surface area contributed by atoms with Crippen LogP contribution < -0.4 is 5.32 Å². The number of carbonyl (C=O) groups excluding carboxylic acids is 3. The Hall–Kier alpha value is -2.84. The van der Waals surface area contributed by atoms with E-state index in [4.69, 9.17) is 9.47 Å². The Kier molecular flexibility index (Phi) is 7.67. The van der Waals surface area contributed by atoms with Crippen LogP contribution in [0.4, 0.5) is 5.00 Å². The molecule has 0 saturated carbocycles. The van der Waals surface area contributed by atoms with E-state index in [1.165, 1.54) is 23.1 Å². The molecule has 0 atom stereocenters. The molecule has 0 unspecified atom stereocenters. The van der Waals surface area contributed by atoms with Gasteiger partial charge in [-0.15, -0.1) is 23.1 Å². The molecule has 33 heavy (non-hydrogen) atoms. The summed E-state index contributed by atoms with van der Waals surface area (Å²) in [5, 5.41) is 5.47. The second-order valence-corrected chi connectivity index (χ2v) is 9.80. The van der Waals surface area contributed by atoms with Crippen LogP contribution in [0.2, 0.25) is 0 Å². The van der Waals surface area contributed by atoms with E-state index in [1.54, 1.807) is 6.92 Å². The van der Waals surface area contributed by atoms with Crippen molar-refractivity contribution in [1.82, 2.24) is 0 Å². The molecule has 0 spiro atoms. The maximum Gasteiger partial charge on any atom is 0.341 e. The van der Waals surface area contributed by atoms with E-state index in [9.17, 15) is 14.4 Å². The lowest BCUT2D eigenvalue weighted by molar-refractivity contribution is -0.144. The summed E-state index contributed by atoms with van der Waals surface area (Å²) in [5.41, 5.74) is 1.42. The smallest absolute Gasteiger partial charge is 0.341 e. The molecule has 3 aromatic rings. The number of benzene rings is 2. The first-order chi connectivity index (χ1) is 16.0. The number of rotatable bonds is 8. The Bertz CT molecular complexity index is 1190. The van der Waals surface area contributed by atoms with E-state index in [0.29, 0.717) is 10.6 Å². The van der Waals surface area contributed by atoms with Crippen molar-refractivity contribution in [1.29, 1.82) is 0 Å². The van der Waals surface area contributed by atoms with E-state index in [0.717, 1.165) is 51.8 Å². The van der Waals surface area contributed by atoms with E-state index >= 15 is 0 Å². The lowest BCUT2D eigenvalue weighted by atomic mass is 9.95. The van der Waals surface area contributed by atoms with Crippen molar-refractivity contribution in [3.63, 3.8) is 0 Å². The molecule has 1 N–H and O–H groups in total. The number of hydrogen-bond donors (Lipinski definition) is 1. The highest BCUT2D eigenvalue weighted by atomic mass is 32.2. The number of carbonyl (C=O) groups is 3. The van der Waals surface area contributed by atoms with Gasteiger partial charge in [0.05, 0.1) is 17.9 Å². The summed E-state index contributed by atoms with van der Waals surface area (Å²) < 4.78 is 10.4. The van der Waals surface area contributed by atoms with E-state index < -0.39 is 24.5 Å². The maximum absolute atomic E-state index is 12.5. The molecule has 0 bridgehead atoms. The topological polar surface area (TPSA) is 81.7 Å². The number of anilines is 1. The van der Waals surface area contributed by atoms with Crippen LogP contribution in [-0.2, 0) is 31.9 Å². The molecule has 0 aliphatic heterocycles. The van der Waals surface area contributed by atoms with Crippen molar-refractivity contribution < 1.29 is 23.9 Å². The minimum absolute atomic E-state index is 0.104. The van der Waals surface area contributed by atoms with E-state index in [2.05, 4.69) is 5.32 Å². The molecule has 1 amide bonds. The zero-order valence-electron chi connectivity index (χ0n) is 18.3. The number of esters is 2. The third-order valence-electron chi connectivity index (χ3n) is 5.35. The van der Waals surface area contributed by atoms with Crippen LogP contribution in [0.15, 0.2) is 47.4 Å². The Labute approximate surface area is 200 Å². The van der Waals surface area contributed by atoms with Crippen molar-refractivity contribution in [2.45, 2.75) is 37.5 Å². The minimum Gasteiger partial charge on any atom is -0.462 e. The molecular weight excluding hydrogens is 458 g/mol. The molecule has 1 heterocycles. The Morgan fingerprint density at radius 1 is 1.03 bits per heavy atom. The number of amides is 1. The number of thiophene rings is 1. The van der Waals surface area contributed by atoms with Gasteiger partial charge >= 0.3 is 11.9 Å². The standard InChI is InChI=1S/C25H25NO5S2/c1-2-30-25(29)23-19-9-5-6-10-20(19)33-24(23)26-21(27)14-31-22(28)15-32-18-12-11-16-7-3-4-8-17(16)13-18/h3-4,7-8,11-13H,2,5-6,9-10,14-15H2,1H3,(H,26,27). The van der Waals surface area contributed by atoms with Gasteiger partial charge < -0.3 is 14.8 Å². The van der Waals surface area contributed by atoms with Crippen LogP contribution in [0.5, 0.6) is 0 Å². The predicted octanol–water partition coefficient (Wildman–Crippen LogP) is 5.23. The molecule has 8 heteroatoms. The number of thioether (sulfide) groups is 1. The van der Waals surface area contributed by atoms with Crippen LogP contribution in [0.3, 0.4) is 0 Å². The van der Waals surface area contributed by atoms with Gasteiger partial charge in [0, 0.05) is 9.77 Å². The zero-order chi connectivity index (χ0) is 23.2. The molecule has 0 fully saturated rings. The lowest BCUT2D eigenvalue weighted by Crippen LogP contribution is -2.22. The number of ether oxygens (including phenoxy) is 2. The Morgan fingerprint density at radius 3 is 2.64 bits per heavy atom. The van der Waals surface area contributed by atoms with Gasteiger partial charge in [0.25, 0.3) is 5.91 Å². The largest absolute Gasteiger partial charge is 0.462 e. The molecule has 1 aliphatic carbocycles. The molecule has 1 aliphatic rings. The normalized spacial score (nSPS) is 12.8. The molecule has 172 valence electrons. The van der Waals surface area contributed by atoms with Gasteiger partial charge in [-0.3, -0.25) is 9.59 Å². The summed E-state index contributed by atoms with van der Waals surface area (Å²) in [6, 6.07) is 14.0. The SMILES string of the molecule is CCOC(=O)c1c(NC(=O)COC(=O)CSc2ccc3ccccc3c2)sc2c1CCCC2. The van der Waals surface area contributed by atoms with Crippen LogP contribution in [0, 0.1) is 0 Å². The van der Waals surface area contributed by atoms with E-state index in [1.807, 2.05) is 42.5 Å². The summed E-state index contributed by atoms with van der Waals surface area (Å²) in [7, 11) is 0. The van der Waals surface area contributed by atoms with Gasteiger partial charge in [0.15, 0.2) is 6.61 Å². The fourth-order valence-corrected chi connectivity index (χ4v) is 5.86. The number of hydrogen-bond acceptors (Lipinski definition) is 7. The van der Waals surface area contributed by atoms with Crippen LogP contribution in [-0.4, -0.2) is 36.8 Å². The Balaban J connectivity index is 1.32. The van der Waals surface area contributed by atoms with E-state index in [-0.39, 0.29) is 12.4 Å². The van der Waals surface area contributed by atoms with Gasteiger partial charge in [-0.1, -0.05) is 30.3 Å². The summed E-state index contributed by atoms with van der Waals surface area (Å²) in [4.78, 5) is 39.2. The van der Waals surface area contributed by atoms with Crippen molar-refractivity contribution in [3.05, 3.63) is 58.5 Å². The van der Waals surface area contributed by atoms with Crippen LogP contribution >= 0.6 is 23.1 Å². The van der Waals surface area contributed by atoms with Crippen LogP contribution in [0.25, 0.3) is 10.8 Å². The number of aryl methyl sites for hydroxylation is 1. The summed E-state index contributed by atoms with van der Waals surface area (Å²) >= 11 is 2.77. The third kappa shape index (κ3) is 5.75. The van der Waals surface area contributed by atoms with Gasteiger partial charge in [-0.2, -0.15) is 0 Å². The van der Waals surface area contributed by atoms with Crippen molar-refractivity contribution in [2.24, 2.45) is 0 Å². The molecule has 2 aromatic carbocycles. The number of fused-ring (bicyclic) bond motifs is 2. The van der Waals surface area contributed by atoms with Gasteiger partial charge in [-0.25, -0.2) is 4.79 Å². The second kappa shape index (κ2) is 10.9. The minimum atomic E-state index is -0.473. The highest BCUT2D eigenvalue weighted by molar-refractivity contribution is 8.00. The molecule has 4 rings (SSSR count). The van der Waals surface area contributed by atoms with Crippen LogP contribution in [0.1, 0.15) is 40.6 Å². The quantitative estimate of drug-likeness (QED) is 0.349. The molecule has 0 saturated heterocycles. The van der Waals surface area contributed by atoms with Gasteiger partial charge in [0.2, 0.25) is 0 Å². The third-order valence-corrected chi connectivity index (χ3v) is 7.52. The maximum atomic E-state index is 12.5. The first-order valence-corrected chi connectivity index (χ1v) is 12.7. The molecular formula is C25H25NO5S2. The highest BCUT2D eigenvalue weighted by Gasteiger charge is 2.27. The van der Waals surface area contributed by atoms with Crippen molar-refractivity contribution in [2.75, 3.05) is 24.3 Å². The molecule has 0 radical (unpaired) electrons.